The normalized spacial score (nSPS) is 14.7. The number of ether oxygens (including phenoxy) is 1. The van der Waals surface area contributed by atoms with Crippen molar-refractivity contribution in [1.82, 2.24) is 4.90 Å². The number of rotatable bonds is 4. The lowest BCUT2D eigenvalue weighted by Gasteiger charge is -2.26. The topological polar surface area (TPSA) is 29.5 Å². The predicted octanol–water partition coefficient (Wildman–Crippen LogP) is 4.30. The van der Waals surface area contributed by atoms with Gasteiger partial charge in [-0.1, -0.05) is 24.3 Å². The maximum atomic E-state index is 13.0. The smallest absolute Gasteiger partial charge is 0.264 e. The van der Waals surface area contributed by atoms with Crippen LogP contribution in [0.4, 0.5) is 4.39 Å². The van der Waals surface area contributed by atoms with Gasteiger partial charge in [-0.25, -0.2) is 4.39 Å². The van der Waals surface area contributed by atoms with Gasteiger partial charge in [0.1, 0.15) is 5.82 Å². The summed E-state index contributed by atoms with van der Waals surface area (Å²) in [6.07, 6.45) is 1.72. The van der Waals surface area contributed by atoms with E-state index in [0.29, 0.717) is 26.3 Å². The lowest BCUT2D eigenvalue weighted by atomic mass is 10.0. The van der Waals surface area contributed by atoms with Crippen molar-refractivity contribution in [3.8, 4) is 0 Å². The predicted molar refractivity (Wildman–Crippen MR) is 102 cm³/mol. The molecule has 1 amide bonds. The standard InChI is InChI=1S/C21H20FNO2S/c22-17-8-5-15(6-9-17)4-7-16-2-1-3-19-18(16)14-20(26-19)21(24)23-10-12-25-13-11-23/h1-3,5-6,8-9,14H,4,7,10-13H2. The fourth-order valence-electron chi connectivity index (χ4n) is 3.30. The van der Waals surface area contributed by atoms with E-state index in [4.69, 9.17) is 4.74 Å². The first-order valence-electron chi connectivity index (χ1n) is 8.83. The Morgan fingerprint density at radius 2 is 1.85 bits per heavy atom. The Morgan fingerprint density at radius 3 is 2.62 bits per heavy atom. The zero-order valence-corrected chi connectivity index (χ0v) is 15.2. The van der Waals surface area contributed by atoms with E-state index in [1.165, 1.54) is 17.7 Å². The van der Waals surface area contributed by atoms with Crippen LogP contribution in [0.25, 0.3) is 10.1 Å². The van der Waals surface area contributed by atoms with Crippen LogP contribution in [0.15, 0.2) is 48.5 Å². The van der Waals surface area contributed by atoms with Crippen molar-refractivity contribution in [1.29, 1.82) is 0 Å². The fourth-order valence-corrected chi connectivity index (χ4v) is 4.37. The Morgan fingerprint density at radius 1 is 1.08 bits per heavy atom. The molecule has 1 aliphatic rings. The van der Waals surface area contributed by atoms with Gasteiger partial charge >= 0.3 is 0 Å². The molecule has 2 heterocycles. The minimum absolute atomic E-state index is 0.0963. The molecular formula is C21H20FNO2S. The summed E-state index contributed by atoms with van der Waals surface area (Å²) in [6.45, 7) is 2.54. The van der Waals surface area contributed by atoms with Crippen molar-refractivity contribution in [3.05, 3.63) is 70.4 Å². The second-order valence-electron chi connectivity index (χ2n) is 6.47. The van der Waals surface area contributed by atoms with Gasteiger partial charge in [-0.15, -0.1) is 11.3 Å². The van der Waals surface area contributed by atoms with E-state index in [1.807, 2.05) is 29.2 Å². The van der Waals surface area contributed by atoms with Crippen molar-refractivity contribution in [2.75, 3.05) is 26.3 Å². The summed E-state index contributed by atoms with van der Waals surface area (Å²) in [5.41, 5.74) is 2.34. The van der Waals surface area contributed by atoms with Gasteiger partial charge in [-0.3, -0.25) is 4.79 Å². The molecule has 1 aliphatic heterocycles. The Kier molecular flexibility index (Phi) is 5.00. The number of benzene rings is 2. The molecule has 5 heteroatoms. The quantitative estimate of drug-likeness (QED) is 0.686. The van der Waals surface area contributed by atoms with Gasteiger partial charge < -0.3 is 9.64 Å². The third kappa shape index (κ3) is 3.64. The summed E-state index contributed by atoms with van der Waals surface area (Å²) in [5, 5.41) is 1.15. The molecular weight excluding hydrogens is 349 g/mol. The highest BCUT2D eigenvalue weighted by Gasteiger charge is 2.21. The fraction of sp³-hybridized carbons (Fsp3) is 0.286. The highest BCUT2D eigenvalue weighted by Crippen LogP contribution is 2.30. The number of carbonyl (C=O) groups excluding carboxylic acids is 1. The number of amides is 1. The van der Waals surface area contributed by atoms with Gasteiger partial charge in [-0.05, 0) is 53.6 Å². The summed E-state index contributed by atoms with van der Waals surface area (Å²) in [4.78, 5) is 15.4. The van der Waals surface area contributed by atoms with Crippen LogP contribution >= 0.6 is 11.3 Å². The number of fused-ring (bicyclic) bond motifs is 1. The van der Waals surface area contributed by atoms with Crippen LogP contribution in [0.1, 0.15) is 20.8 Å². The number of thiophene rings is 1. The SMILES string of the molecule is O=C(c1cc2c(CCc3ccc(F)cc3)cccc2s1)N1CCOCC1. The van der Waals surface area contributed by atoms with Gasteiger partial charge in [0, 0.05) is 17.8 Å². The molecule has 0 radical (unpaired) electrons. The highest BCUT2D eigenvalue weighted by atomic mass is 32.1. The number of halogens is 1. The molecule has 3 aromatic rings. The summed E-state index contributed by atoms with van der Waals surface area (Å²) in [5.74, 6) is -0.112. The third-order valence-electron chi connectivity index (χ3n) is 4.76. The summed E-state index contributed by atoms with van der Waals surface area (Å²) in [6, 6.07) is 14.9. The second-order valence-corrected chi connectivity index (χ2v) is 7.55. The summed E-state index contributed by atoms with van der Waals surface area (Å²) in [7, 11) is 0. The molecule has 1 aromatic heterocycles. The van der Waals surface area contributed by atoms with Gasteiger partial charge in [-0.2, -0.15) is 0 Å². The minimum Gasteiger partial charge on any atom is -0.378 e. The van der Waals surface area contributed by atoms with E-state index in [9.17, 15) is 9.18 Å². The Labute approximate surface area is 156 Å². The highest BCUT2D eigenvalue weighted by molar-refractivity contribution is 7.20. The first-order valence-corrected chi connectivity index (χ1v) is 9.65. The maximum absolute atomic E-state index is 13.0. The van der Waals surface area contributed by atoms with E-state index < -0.39 is 0 Å². The zero-order chi connectivity index (χ0) is 17.9. The molecule has 4 rings (SSSR count). The molecule has 26 heavy (non-hydrogen) atoms. The van der Waals surface area contributed by atoms with E-state index >= 15 is 0 Å². The van der Waals surface area contributed by atoms with E-state index in [0.717, 1.165) is 33.4 Å². The van der Waals surface area contributed by atoms with Crippen LogP contribution in [-0.2, 0) is 17.6 Å². The number of morpholine rings is 1. The van der Waals surface area contributed by atoms with Crippen LogP contribution in [0.2, 0.25) is 0 Å². The summed E-state index contributed by atoms with van der Waals surface area (Å²) >= 11 is 1.56. The molecule has 0 aliphatic carbocycles. The van der Waals surface area contributed by atoms with E-state index in [2.05, 4.69) is 12.1 Å². The second kappa shape index (κ2) is 7.56. The van der Waals surface area contributed by atoms with E-state index in [-0.39, 0.29) is 11.7 Å². The molecule has 0 unspecified atom stereocenters. The monoisotopic (exact) mass is 369 g/mol. The number of hydrogen-bond acceptors (Lipinski definition) is 3. The Hall–Kier alpha value is -2.24. The van der Waals surface area contributed by atoms with Crippen LogP contribution in [0.3, 0.4) is 0 Å². The maximum Gasteiger partial charge on any atom is 0.264 e. The average molecular weight is 369 g/mol. The molecule has 1 saturated heterocycles. The Bertz CT molecular complexity index is 913. The first kappa shape index (κ1) is 17.2. The molecule has 3 nitrogen and oxygen atoms in total. The van der Waals surface area contributed by atoms with Crippen molar-refractivity contribution in [2.45, 2.75) is 12.8 Å². The molecule has 0 spiro atoms. The molecule has 0 saturated carbocycles. The molecule has 2 aromatic carbocycles. The molecule has 0 bridgehead atoms. The molecule has 1 fully saturated rings. The first-order chi connectivity index (χ1) is 12.7. The third-order valence-corrected chi connectivity index (χ3v) is 5.85. The van der Waals surface area contributed by atoms with Crippen LogP contribution in [-0.4, -0.2) is 37.1 Å². The van der Waals surface area contributed by atoms with Gasteiger partial charge in [0.25, 0.3) is 5.91 Å². The van der Waals surface area contributed by atoms with Gasteiger partial charge in [0.2, 0.25) is 0 Å². The lowest BCUT2D eigenvalue weighted by molar-refractivity contribution is 0.0306. The van der Waals surface area contributed by atoms with Gasteiger partial charge in [0.15, 0.2) is 0 Å². The number of aryl methyl sites for hydroxylation is 2. The summed E-state index contributed by atoms with van der Waals surface area (Å²) < 4.78 is 19.5. The van der Waals surface area contributed by atoms with Crippen LogP contribution in [0, 0.1) is 5.82 Å². The Balaban J connectivity index is 1.55. The van der Waals surface area contributed by atoms with Crippen molar-refractivity contribution in [2.24, 2.45) is 0 Å². The molecule has 134 valence electrons. The van der Waals surface area contributed by atoms with Crippen LogP contribution in [0.5, 0.6) is 0 Å². The largest absolute Gasteiger partial charge is 0.378 e. The van der Waals surface area contributed by atoms with E-state index in [1.54, 1.807) is 11.3 Å². The van der Waals surface area contributed by atoms with Crippen molar-refractivity contribution >= 4 is 27.3 Å². The lowest BCUT2D eigenvalue weighted by Crippen LogP contribution is -2.40. The zero-order valence-electron chi connectivity index (χ0n) is 14.4. The van der Waals surface area contributed by atoms with Crippen molar-refractivity contribution < 1.29 is 13.9 Å². The van der Waals surface area contributed by atoms with Crippen molar-refractivity contribution in [3.63, 3.8) is 0 Å². The number of carbonyl (C=O) groups is 1. The average Bonchev–Trinajstić information content (AvgIpc) is 3.12. The molecule has 0 atom stereocenters. The molecule has 0 N–H and O–H groups in total. The van der Waals surface area contributed by atoms with Crippen LogP contribution < -0.4 is 0 Å². The number of hydrogen-bond donors (Lipinski definition) is 0. The van der Waals surface area contributed by atoms with Gasteiger partial charge in [0.05, 0.1) is 18.1 Å². The number of nitrogens with zero attached hydrogens (tertiary/aromatic N) is 1. The minimum atomic E-state index is -0.208.